The fourth-order valence-electron chi connectivity index (χ4n) is 31.4. The Hall–Kier alpha value is 0.253. The summed E-state index contributed by atoms with van der Waals surface area (Å²) in [5.74, 6) is 4.36. The quantitative estimate of drug-likeness (QED) is 0.187. The van der Waals surface area contributed by atoms with Gasteiger partial charge in [-0.25, -0.2) is 0 Å². The number of benzene rings is 2. The zero-order valence-corrected chi connectivity index (χ0v) is 35.4. The summed E-state index contributed by atoms with van der Waals surface area (Å²) in [6.07, 6.45) is 11.4. The van der Waals surface area contributed by atoms with Gasteiger partial charge in [0.1, 0.15) is 0 Å². The second-order valence-electron chi connectivity index (χ2n) is 24.3. The summed E-state index contributed by atoms with van der Waals surface area (Å²) in [5.41, 5.74) is 3.89. The van der Waals surface area contributed by atoms with Gasteiger partial charge in [0.2, 0.25) is 0 Å². The molecule has 10 saturated heterocycles. The van der Waals surface area contributed by atoms with Crippen molar-refractivity contribution < 1.29 is 6.51 Å². The van der Waals surface area contributed by atoms with Crippen LogP contribution in [-0.4, -0.2) is 28.5 Å². The molecule has 2 aromatic carbocycles. The average molecular weight is 737 g/mol. The number of rotatable bonds is 8. The first-order valence-corrected chi connectivity index (χ1v) is 35.2. The predicted molar refractivity (Wildman–Crippen MR) is 207 cm³/mol. The van der Waals surface area contributed by atoms with Crippen molar-refractivity contribution in [3.8, 4) is 0 Å². The van der Waals surface area contributed by atoms with Crippen molar-refractivity contribution in [3.05, 3.63) is 59.7 Å². The molecule has 4 aliphatic carbocycles. The first-order chi connectivity index (χ1) is 22.1. The molecule has 16 rings (SSSR count). The molecule has 0 radical (unpaired) electrons. The molecule has 6 unspecified atom stereocenters. The summed E-state index contributed by atoms with van der Waals surface area (Å²) in [4.78, 5) is 8.12. The third kappa shape index (κ3) is 0.730. The normalized spacial score (nSPS) is 69.6. The number of hydrogen-bond acceptors (Lipinski definition) is 0. The molecule has 0 amide bonds. The zero-order valence-electron chi connectivity index (χ0n) is 30.2. The van der Waals surface area contributed by atoms with Gasteiger partial charge in [-0.05, 0) is 0 Å². The van der Waals surface area contributed by atoms with Gasteiger partial charge in [0.25, 0.3) is 0 Å². The minimum atomic E-state index is -4.31. The maximum absolute atomic E-state index is 4.31. The SMILES string of the molecule is Cc1ccccc1P(C[C]12[CH]3[C]4([Si](C)(C)C)[C]5([Si](C)(C)C)[C]1(C1(CP)C6CC7CC(C6)CC1C7)[Fe]32451678[CH]2[CH]1[CH]6[CH]7[CH]28)c1ccccc1C. The molecule has 252 valence electrons. The summed E-state index contributed by atoms with van der Waals surface area (Å²) in [7, 11) is 0.383. The van der Waals surface area contributed by atoms with E-state index < -0.39 is 22.7 Å². The van der Waals surface area contributed by atoms with Gasteiger partial charge in [0.05, 0.1) is 0 Å². The van der Waals surface area contributed by atoms with Gasteiger partial charge in [-0.2, -0.15) is 0 Å². The summed E-state index contributed by atoms with van der Waals surface area (Å²) < 4.78 is 3.66. The molecule has 0 nitrogen and oxygen atoms in total. The second-order valence-corrected chi connectivity index (χ2v) is 61.0. The first-order valence-electron chi connectivity index (χ1n) is 19.9. The Morgan fingerprint density at radius 1 is 0.702 bits per heavy atom. The fraction of sp³-hybridized carbons (Fsp3) is 0.714. The van der Waals surface area contributed by atoms with Crippen LogP contribution in [0.25, 0.3) is 0 Å². The molecule has 4 saturated carbocycles. The van der Waals surface area contributed by atoms with E-state index in [4.69, 9.17) is 0 Å². The minimum absolute atomic E-state index is 0.351. The molecule has 2 aromatic rings. The van der Waals surface area contributed by atoms with Gasteiger partial charge in [-0.1, -0.05) is 0 Å². The van der Waals surface area contributed by atoms with Crippen LogP contribution in [0.1, 0.15) is 43.2 Å². The van der Waals surface area contributed by atoms with Crippen LogP contribution >= 0.6 is 17.2 Å². The van der Waals surface area contributed by atoms with Crippen molar-refractivity contribution in [3.63, 3.8) is 0 Å². The molecular formula is C42H58FeP2Si2. The second kappa shape index (κ2) is 4.37. The average Bonchev–Trinajstić information content (AvgIpc) is 3.95. The van der Waals surface area contributed by atoms with Crippen LogP contribution in [0, 0.1) is 42.9 Å². The van der Waals surface area contributed by atoms with Crippen LogP contribution in [0.4, 0.5) is 0 Å². The van der Waals surface area contributed by atoms with Gasteiger partial charge < -0.3 is 0 Å². The monoisotopic (exact) mass is 736 g/mol. The van der Waals surface area contributed by atoms with Crippen LogP contribution in [0.3, 0.4) is 0 Å². The van der Waals surface area contributed by atoms with Crippen molar-refractivity contribution in [2.24, 2.45) is 29.1 Å². The Morgan fingerprint density at radius 3 is 1.55 bits per heavy atom. The maximum atomic E-state index is 3.66. The van der Waals surface area contributed by atoms with Crippen LogP contribution < -0.4 is 10.6 Å². The summed E-state index contributed by atoms with van der Waals surface area (Å²) in [6.45, 7) is 18.8. The molecule has 47 heavy (non-hydrogen) atoms. The van der Waals surface area contributed by atoms with Crippen LogP contribution in [0.5, 0.6) is 0 Å². The molecule has 0 aromatic heterocycles. The molecule has 1 spiro atoms. The van der Waals surface area contributed by atoms with E-state index in [1.165, 1.54) is 35.1 Å². The standard InChI is InChI=1S/C37H53P2Si2.C5H5.Fe/c1-25-13-9-11-15-32(25)39(33-16-12-10-14-26(33)2)23-29-22-34(40(3,4)5)36(41(6,7)8)35(29)37(24-38)30-18-27-17-28(20-30)21-31(37)19-27;1-2-4-5-3-1;/h9-16,22,27-28,30-31H,17-21,23-24,38H2,1-8H3;1-5H;. The van der Waals surface area contributed by atoms with Gasteiger partial charge in [-0.15, -0.1) is 0 Å². The third-order valence-electron chi connectivity index (χ3n) is 26.4. The van der Waals surface area contributed by atoms with Gasteiger partial charge in [-0.3, -0.25) is 0 Å². The molecule has 5 heteroatoms. The van der Waals surface area contributed by atoms with E-state index in [2.05, 4.69) is 111 Å². The fourth-order valence-corrected chi connectivity index (χ4v) is 175. The van der Waals surface area contributed by atoms with E-state index in [9.17, 15) is 0 Å². The van der Waals surface area contributed by atoms with E-state index >= 15 is 0 Å². The topological polar surface area (TPSA) is 0 Å². The summed E-state index contributed by atoms with van der Waals surface area (Å²) in [5, 5.41) is 3.55. The van der Waals surface area contributed by atoms with E-state index in [0.717, 1.165) is 40.2 Å². The van der Waals surface area contributed by atoms with Gasteiger partial charge in [0, 0.05) is 0 Å². The van der Waals surface area contributed by atoms with E-state index in [1.807, 2.05) is 0 Å². The Morgan fingerprint density at radius 2 is 1.17 bits per heavy atom. The molecule has 14 aliphatic rings. The molecule has 6 atom stereocenters. The van der Waals surface area contributed by atoms with Crippen molar-refractivity contribution in [2.75, 3.05) is 12.3 Å². The van der Waals surface area contributed by atoms with Crippen molar-refractivity contribution >= 4 is 43.9 Å². The van der Waals surface area contributed by atoms with E-state index in [-0.39, 0.29) is 7.92 Å². The van der Waals surface area contributed by atoms with Crippen LogP contribution in [-0.2, 0) is 6.51 Å². The molecule has 10 aliphatic heterocycles. The molecule has 4 bridgehead atoms. The summed E-state index contributed by atoms with van der Waals surface area (Å²) in [6, 6.07) is 19.7. The zero-order chi connectivity index (χ0) is 32.1. The Labute approximate surface area is 280 Å². The Kier molecular flexibility index (Phi) is 2.50. The Bertz CT molecular complexity index is 2290. The van der Waals surface area contributed by atoms with Crippen LogP contribution in [0.2, 0.25) is 84.7 Å². The predicted octanol–water partition coefficient (Wildman–Crippen LogP) is 11.7. The van der Waals surface area contributed by atoms with Gasteiger partial charge in [0.15, 0.2) is 0 Å². The van der Waals surface area contributed by atoms with Gasteiger partial charge >= 0.3 is 282 Å². The molecule has 14 fully saturated rings. The van der Waals surface area contributed by atoms with E-state index in [0.29, 0.717) is 5.41 Å². The van der Waals surface area contributed by atoms with Crippen LogP contribution in [0.15, 0.2) is 48.5 Å². The molecule has 10 heterocycles. The van der Waals surface area contributed by atoms with E-state index in [1.54, 1.807) is 60.0 Å². The van der Waals surface area contributed by atoms with Crippen molar-refractivity contribution in [1.82, 2.24) is 0 Å². The van der Waals surface area contributed by atoms with Crippen molar-refractivity contribution in [2.45, 2.75) is 131 Å². The third-order valence-corrected chi connectivity index (χ3v) is 93.2. The Balaban J connectivity index is 1.10. The first kappa shape index (κ1) is 26.9. The number of aryl methyl sites for hydroxylation is 2. The summed E-state index contributed by atoms with van der Waals surface area (Å²) >= 11 is 0. The number of hydrogen-bond donors (Lipinski definition) is 0. The molecular weight excluding hydrogens is 678 g/mol. The van der Waals surface area contributed by atoms with Crippen molar-refractivity contribution in [1.29, 1.82) is 0 Å². The number of fused-ring (bicyclic) bond motifs is 11. The molecule has 0 N–H and O–H groups in total.